The van der Waals surface area contributed by atoms with Gasteiger partial charge in [-0.1, -0.05) is 23.7 Å². The summed E-state index contributed by atoms with van der Waals surface area (Å²) in [5, 5.41) is 11.6. The minimum atomic E-state index is -0.999. The van der Waals surface area contributed by atoms with Crippen LogP contribution in [-0.4, -0.2) is 17.6 Å². The molecule has 1 aromatic rings. The van der Waals surface area contributed by atoms with Crippen molar-refractivity contribution in [1.82, 2.24) is 0 Å². The molecule has 5 heteroatoms. The predicted octanol–water partition coefficient (Wildman–Crippen LogP) is 2.92. The minimum Gasteiger partial charge on any atom is -0.478 e. The van der Waals surface area contributed by atoms with Gasteiger partial charge in [-0.2, -0.15) is 0 Å². The summed E-state index contributed by atoms with van der Waals surface area (Å²) in [7, 11) is 0. The number of carboxylic acid groups (broad SMARTS) is 1. The van der Waals surface area contributed by atoms with E-state index in [1.54, 1.807) is 6.07 Å². The molecule has 0 radical (unpaired) electrons. The van der Waals surface area contributed by atoms with Gasteiger partial charge >= 0.3 is 5.97 Å². The van der Waals surface area contributed by atoms with Crippen LogP contribution in [0.2, 0.25) is 5.02 Å². The van der Waals surface area contributed by atoms with Gasteiger partial charge < -0.3 is 10.4 Å². The second-order valence-corrected chi connectivity index (χ2v) is 3.58. The van der Waals surface area contributed by atoms with E-state index < -0.39 is 11.8 Å². The first-order valence-corrected chi connectivity index (χ1v) is 4.98. The zero-order valence-electron chi connectivity index (χ0n) is 8.63. The summed E-state index contributed by atoms with van der Waals surface area (Å²) in [6, 6.07) is 4.34. The molecule has 0 spiro atoms. The van der Waals surface area contributed by atoms with Gasteiger partial charge in [0.25, 0.3) is 0 Å². The maximum Gasteiger partial charge on any atom is 0.331 e. The molecule has 0 saturated carbocycles. The summed E-state index contributed by atoms with van der Waals surface area (Å²) >= 11 is 5.77. The van der Waals surface area contributed by atoms with Crippen molar-refractivity contribution in [3.8, 4) is 0 Å². The average molecular weight is 244 g/mol. The number of benzene rings is 1. The second-order valence-electron chi connectivity index (χ2n) is 3.17. The highest BCUT2D eigenvalue weighted by Crippen LogP contribution is 2.24. The molecule has 0 fully saturated rings. The molecule has 0 unspecified atom stereocenters. The molecule has 0 aromatic heterocycles. The van der Waals surface area contributed by atoms with Gasteiger partial charge in [0.1, 0.15) is 5.82 Å². The Labute approximate surface area is 97.5 Å². The van der Waals surface area contributed by atoms with Crippen LogP contribution in [0, 0.1) is 5.82 Å². The number of carbonyl (C=O) groups is 1. The van der Waals surface area contributed by atoms with Crippen LogP contribution >= 0.6 is 11.6 Å². The van der Waals surface area contributed by atoms with Gasteiger partial charge in [-0.15, -0.1) is 0 Å². The Morgan fingerprint density at radius 2 is 2.31 bits per heavy atom. The van der Waals surface area contributed by atoms with Crippen LogP contribution in [0.15, 0.2) is 29.8 Å². The van der Waals surface area contributed by atoms with E-state index in [-0.39, 0.29) is 22.8 Å². The number of rotatable bonds is 4. The standard InChI is InChI=1S/C11H11ClFNO2/c1-7(11(15)16)5-6-14-10-8(12)3-2-4-9(10)13/h2-5,14H,6H2,1H3,(H,15,16)/b7-5-. The molecule has 0 amide bonds. The van der Waals surface area contributed by atoms with E-state index in [0.717, 1.165) is 0 Å². The number of halogens is 2. The van der Waals surface area contributed by atoms with Gasteiger partial charge in [-0.3, -0.25) is 0 Å². The number of carboxylic acids is 1. The molecule has 0 atom stereocenters. The van der Waals surface area contributed by atoms with Crippen molar-refractivity contribution in [3.05, 3.63) is 40.7 Å². The highest BCUT2D eigenvalue weighted by atomic mass is 35.5. The lowest BCUT2D eigenvalue weighted by Crippen LogP contribution is -2.04. The van der Waals surface area contributed by atoms with Gasteiger partial charge in [0, 0.05) is 12.1 Å². The molecule has 3 nitrogen and oxygen atoms in total. The van der Waals surface area contributed by atoms with Gasteiger partial charge in [0.05, 0.1) is 10.7 Å². The number of hydrogen-bond donors (Lipinski definition) is 2. The zero-order valence-corrected chi connectivity index (χ0v) is 9.38. The first-order chi connectivity index (χ1) is 7.52. The lowest BCUT2D eigenvalue weighted by Gasteiger charge is -2.07. The van der Waals surface area contributed by atoms with E-state index in [0.29, 0.717) is 0 Å². The lowest BCUT2D eigenvalue weighted by atomic mass is 10.2. The zero-order chi connectivity index (χ0) is 12.1. The van der Waals surface area contributed by atoms with E-state index in [4.69, 9.17) is 16.7 Å². The van der Waals surface area contributed by atoms with Crippen LogP contribution in [0.25, 0.3) is 0 Å². The van der Waals surface area contributed by atoms with E-state index in [1.807, 2.05) is 0 Å². The molecule has 0 saturated heterocycles. The van der Waals surface area contributed by atoms with E-state index in [2.05, 4.69) is 5.32 Å². The molecule has 1 aromatic carbocycles. The molecule has 0 heterocycles. The predicted molar refractivity (Wildman–Crippen MR) is 61.3 cm³/mol. The van der Waals surface area contributed by atoms with Gasteiger partial charge in [-0.05, 0) is 19.1 Å². The molecular formula is C11H11ClFNO2. The van der Waals surface area contributed by atoms with Crippen molar-refractivity contribution < 1.29 is 14.3 Å². The second kappa shape index (κ2) is 5.51. The third-order valence-corrected chi connectivity index (χ3v) is 2.30. The number of anilines is 1. The fourth-order valence-electron chi connectivity index (χ4n) is 1.06. The Morgan fingerprint density at radius 1 is 1.62 bits per heavy atom. The number of nitrogens with one attached hydrogen (secondary N) is 1. The Hall–Kier alpha value is -1.55. The van der Waals surface area contributed by atoms with E-state index in [9.17, 15) is 9.18 Å². The van der Waals surface area contributed by atoms with Gasteiger partial charge in [0.2, 0.25) is 0 Å². The normalized spacial score (nSPS) is 11.3. The van der Waals surface area contributed by atoms with Crippen LogP contribution in [0.4, 0.5) is 10.1 Å². The average Bonchev–Trinajstić information content (AvgIpc) is 2.22. The molecule has 0 aliphatic carbocycles. The number of hydrogen-bond acceptors (Lipinski definition) is 2. The smallest absolute Gasteiger partial charge is 0.331 e. The minimum absolute atomic E-state index is 0.179. The highest BCUT2D eigenvalue weighted by molar-refractivity contribution is 6.33. The maximum absolute atomic E-state index is 13.2. The van der Waals surface area contributed by atoms with E-state index >= 15 is 0 Å². The van der Waals surface area contributed by atoms with Crippen molar-refractivity contribution in [2.45, 2.75) is 6.92 Å². The topological polar surface area (TPSA) is 49.3 Å². The first-order valence-electron chi connectivity index (χ1n) is 4.60. The Morgan fingerprint density at radius 3 is 2.88 bits per heavy atom. The summed E-state index contributed by atoms with van der Waals surface area (Å²) in [6.07, 6.45) is 1.45. The molecule has 0 aliphatic heterocycles. The summed E-state index contributed by atoms with van der Waals surface area (Å²) in [4.78, 5) is 10.5. The van der Waals surface area contributed by atoms with Crippen molar-refractivity contribution in [2.75, 3.05) is 11.9 Å². The quantitative estimate of drug-likeness (QED) is 0.800. The van der Waals surface area contributed by atoms with Crippen molar-refractivity contribution in [2.24, 2.45) is 0 Å². The third-order valence-electron chi connectivity index (χ3n) is 1.99. The van der Waals surface area contributed by atoms with E-state index in [1.165, 1.54) is 25.1 Å². The molecule has 0 aliphatic rings. The lowest BCUT2D eigenvalue weighted by molar-refractivity contribution is -0.132. The van der Waals surface area contributed by atoms with Gasteiger partial charge in [0.15, 0.2) is 0 Å². The molecule has 0 bridgehead atoms. The summed E-state index contributed by atoms with van der Waals surface area (Å²) in [6.45, 7) is 1.67. The molecule has 1 rings (SSSR count). The largest absolute Gasteiger partial charge is 0.478 e. The third kappa shape index (κ3) is 3.24. The van der Waals surface area contributed by atoms with Crippen molar-refractivity contribution in [3.63, 3.8) is 0 Å². The van der Waals surface area contributed by atoms with Crippen LogP contribution in [0.5, 0.6) is 0 Å². The van der Waals surface area contributed by atoms with Crippen LogP contribution in [0.1, 0.15) is 6.92 Å². The molecule has 86 valence electrons. The Kier molecular flexibility index (Phi) is 4.31. The maximum atomic E-state index is 13.2. The summed E-state index contributed by atoms with van der Waals surface area (Å²) in [5.41, 5.74) is 0.374. The summed E-state index contributed by atoms with van der Waals surface area (Å²) in [5.74, 6) is -1.46. The monoisotopic (exact) mass is 243 g/mol. The van der Waals surface area contributed by atoms with Crippen molar-refractivity contribution >= 4 is 23.3 Å². The van der Waals surface area contributed by atoms with Crippen LogP contribution in [-0.2, 0) is 4.79 Å². The van der Waals surface area contributed by atoms with Crippen LogP contribution < -0.4 is 5.32 Å². The highest BCUT2D eigenvalue weighted by Gasteiger charge is 2.05. The van der Waals surface area contributed by atoms with Gasteiger partial charge in [-0.25, -0.2) is 9.18 Å². The Balaban J connectivity index is 2.69. The fourth-order valence-corrected chi connectivity index (χ4v) is 1.29. The molecule has 2 N–H and O–H groups in total. The first kappa shape index (κ1) is 12.5. The summed E-state index contributed by atoms with van der Waals surface area (Å²) < 4.78 is 13.2. The molecule has 16 heavy (non-hydrogen) atoms. The fraction of sp³-hybridized carbons (Fsp3) is 0.182. The SMILES string of the molecule is C/C(=C/CNc1c(F)cccc1Cl)C(=O)O. The number of aliphatic carboxylic acids is 1. The van der Waals surface area contributed by atoms with Crippen molar-refractivity contribution in [1.29, 1.82) is 0 Å². The number of para-hydroxylation sites is 1. The van der Waals surface area contributed by atoms with Crippen LogP contribution in [0.3, 0.4) is 0 Å². The Bertz CT molecular complexity index is 412. The molecular weight excluding hydrogens is 233 g/mol.